The number of carbonyl (C=O) groups is 2. The third-order valence-corrected chi connectivity index (χ3v) is 3.78. The van der Waals surface area contributed by atoms with E-state index in [1.54, 1.807) is 6.07 Å². The fourth-order valence-corrected chi connectivity index (χ4v) is 2.74. The molecule has 114 valence electrons. The van der Waals surface area contributed by atoms with Crippen LogP contribution in [0.1, 0.15) is 36.0 Å². The molecule has 0 atom stereocenters. The van der Waals surface area contributed by atoms with Crippen molar-refractivity contribution in [2.45, 2.75) is 31.7 Å². The molecule has 0 saturated heterocycles. The molecule has 3 N–H and O–H groups in total. The van der Waals surface area contributed by atoms with Gasteiger partial charge in [-0.05, 0) is 31.0 Å². The molecule has 1 saturated carbocycles. The van der Waals surface area contributed by atoms with Gasteiger partial charge < -0.3 is 20.5 Å². The van der Waals surface area contributed by atoms with Crippen LogP contribution in [0.2, 0.25) is 0 Å². The van der Waals surface area contributed by atoms with E-state index in [1.165, 1.54) is 24.1 Å². The number of nitrogens with zero attached hydrogens (tertiary/aromatic N) is 1. The number of phenols is 1. The summed E-state index contributed by atoms with van der Waals surface area (Å²) in [6.07, 6.45) is 3.84. The normalized spacial score (nSPS) is 14.9. The summed E-state index contributed by atoms with van der Waals surface area (Å²) in [5.41, 5.74) is 5.57. The monoisotopic (exact) mass is 292 g/mol. The van der Waals surface area contributed by atoms with E-state index < -0.39 is 5.91 Å². The van der Waals surface area contributed by atoms with Gasteiger partial charge in [0.15, 0.2) is 11.5 Å². The number of rotatable bonds is 5. The van der Waals surface area contributed by atoms with Crippen molar-refractivity contribution < 1.29 is 19.4 Å². The van der Waals surface area contributed by atoms with E-state index in [0.29, 0.717) is 11.3 Å². The number of amides is 2. The zero-order valence-corrected chi connectivity index (χ0v) is 12.0. The standard InChI is InChI=1S/C15H20N2O4/c1-21-13-7-6-10(8-12(13)18)15(20)17(9-14(16)19)11-4-2-3-5-11/h6-8,11,18H,2-5,9H2,1H3,(H2,16,19). The zero-order valence-electron chi connectivity index (χ0n) is 12.0. The minimum atomic E-state index is -0.534. The molecule has 6 heteroatoms. The van der Waals surface area contributed by atoms with Gasteiger partial charge in [-0.2, -0.15) is 0 Å². The number of ether oxygens (including phenoxy) is 1. The first-order valence-corrected chi connectivity index (χ1v) is 6.99. The molecule has 0 aliphatic heterocycles. The number of benzene rings is 1. The van der Waals surface area contributed by atoms with Crippen molar-refractivity contribution in [1.82, 2.24) is 4.90 Å². The molecule has 1 aromatic rings. The first kappa shape index (κ1) is 15.2. The minimum Gasteiger partial charge on any atom is -0.504 e. The molecule has 1 aliphatic rings. The summed E-state index contributed by atoms with van der Waals surface area (Å²) >= 11 is 0. The van der Waals surface area contributed by atoms with Gasteiger partial charge in [0, 0.05) is 11.6 Å². The lowest BCUT2D eigenvalue weighted by atomic mass is 10.1. The Kier molecular flexibility index (Phi) is 4.67. The Morgan fingerprint density at radius 3 is 2.57 bits per heavy atom. The summed E-state index contributed by atoms with van der Waals surface area (Å²) < 4.78 is 4.96. The summed E-state index contributed by atoms with van der Waals surface area (Å²) in [5.74, 6) is -0.630. The van der Waals surface area contributed by atoms with E-state index >= 15 is 0 Å². The van der Waals surface area contributed by atoms with E-state index in [9.17, 15) is 14.7 Å². The van der Waals surface area contributed by atoms with E-state index in [2.05, 4.69) is 0 Å². The highest BCUT2D eigenvalue weighted by Gasteiger charge is 2.28. The van der Waals surface area contributed by atoms with Crippen LogP contribution in [0.25, 0.3) is 0 Å². The molecule has 2 rings (SSSR count). The maximum Gasteiger partial charge on any atom is 0.254 e. The summed E-state index contributed by atoms with van der Waals surface area (Å²) in [5, 5.41) is 9.78. The summed E-state index contributed by atoms with van der Waals surface area (Å²) in [6, 6.07) is 4.49. The van der Waals surface area contributed by atoms with Crippen LogP contribution >= 0.6 is 0 Å². The quantitative estimate of drug-likeness (QED) is 0.854. The fourth-order valence-electron chi connectivity index (χ4n) is 2.74. The van der Waals surface area contributed by atoms with Gasteiger partial charge >= 0.3 is 0 Å². The number of phenolic OH excluding ortho intramolecular Hbond substituents is 1. The second kappa shape index (κ2) is 6.47. The van der Waals surface area contributed by atoms with Crippen molar-refractivity contribution in [3.63, 3.8) is 0 Å². The Hall–Kier alpha value is -2.24. The van der Waals surface area contributed by atoms with E-state index in [4.69, 9.17) is 10.5 Å². The van der Waals surface area contributed by atoms with Gasteiger partial charge in [-0.15, -0.1) is 0 Å². The number of nitrogens with two attached hydrogens (primary N) is 1. The highest BCUT2D eigenvalue weighted by Crippen LogP contribution is 2.29. The molecule has 1 fully saturated rings. The maximum absolute atomic E-state index is 12.6. The van der Waals surface area contributed by atoms with Crippen LogP contribution in [-0.2, 0) is 4.79 Å². The van der Waals surface area contributed by atoms with Crippen molar-refractivity contribution >= 4 is 11.8 Å². The molecule has 0 bridgehead atoms. The molecule has 2 amide bonds. The molecule has 1 aromatic carbocycles. The number of methoxy groups -OCH3 is 1. The van der Waals surface area contributed by atoms with Crippen LogP contribution in [0.4, 0.5) is 0 Å². The molecular weight excluding hydrogens is 272 g/mol. The lowest BCUT2D eigenvalue weighted by molar-refractivity contribution is -0.119. The van der Waals surface area contributed by atoms with Crippen molar-refractivity contribution in [1.29, 1.82) is 0 Å². The molecule has 0 unspecified atom stereocenters. The molecular formula is C15H20N2O4. The van der Waals surface area contributed by atoms with Crippen LogP contribution in [0, 0.1) is 0 Å². The molecule has 0 aromatic heterocycles. The number of carbonyl (C=O) groups excluding carboxylic acids is 2. The van der Waals surface area contributed by atoms with Crippen LogP contribution in [0.3, 0.4) is 0 Å². The predicted molar refractivity (Wildman–Crippen MR) is 77.1 cm³/mol. The van der Waals surface area contributed by atoms with Gasteiger partial charge in [-0.3, -0.25) is 9.59 Å². The predicted octanol–water partition coefficient (Wildman–Crippen LogP) is 1.27. The van der Waals surface area contributed by atoms with Crippen LogP contribution in [-0.4, -0.2) is 41.5 Å². The topological polar surface area (TPSA) is 92.9 Å². The van der Waals surface area contributed by atoms with Gasteiger partial charge in [0.05, 0.1) is 13.7 Å². The van der Waals surface area contributed by atoms with Crippen molar-refractivity contribution in [2.75, 3.05) is 13.7 Å². The average molecular weight is 292 g/mol. The van der Waals surface area contributed by atoms with Crippen LogP contribution < -0.4 is 10.5 Å². The summed E-state index contributed by atoms with van der Waals surface area (Å²) in [7, 11) is 1.44. The van der Waals surface area contributed by atoms with E-state index in [0.717, 1.165) is 25.7 Å². The molecule has 6 nitrogen and oxygen atoms in total. The number of hydrogen-bond donors (Lipinski definition) is 2. The molecule has 0 heterocycles. The Balaban J connectivity index is 2.24. The van der Waals surface area contributed by atoms with Crippen LogP contribution in [0.5, 0.6) is 11.5 Å². The fraction of sp³-hybridized carbons (Fsp3) is 0.467. The zero-order chi connectivity index (χ0) is 15.4. The minimum absolute atomic E-state index is 0.0363. The molecule has 21 heavy (non-hydrogen) atoms. The number of aromatic hydroxyl groups is 1. The van der Waals surface area contributed by atoms with Crippen molar-refractivity contribution in [3.05, 3.63) is 23.8 Å². The summed E-state index contributed by atoms with van der Waals surface area (Å²) in [4.78, 5) is 25.3. The van der Waals surface area contributed by atoms with E-state index in [1.807, 2.05) is 0 Å². The number of primary amides is 1. The summed E-state index contributed by atoms with van der Waals surface area (Å²) in [6.45, 7) is -0.101. The highest BCUT2D eigenvalue weighted by molar-refractivity contribution is 5.97. The highest BCUT2D eigenvalue weighted by atomic mass is 16.5. The lowest BCUT2D eigenvalue weighted by Crippen LogP contribution is -2.44. The number of hydrogen-bond acceptors (Lipinski definition) is 4. The Bertz CT molecular complexity index is 538. The van der Waals surface area contributed by atoms with Crippen molar-refractivity contribution in [2.24, 2.45) is 5.73 Å². The third kappa shape index (κ3) is 3.45. The average Bonchev–Trinajstić information content (AvgIpc) is 2.97. The SMILES string of the molecule is COc1ccc(C(=O)N(CC(N)=O)C2CCCC2)cc1O. The van der Waals surface area contributed by atoms with Gasteiger partial charge in [-0.1, -0.05) is 12.8 Å². The first-order chi connectivity index (χ1) is 10.0. The second-order valence-corrected chi connectivity index (χ2v) is 5.22. The van der Waals surface area contributed by atoms with E-state index in [-0.39, 0.29) is 24.2 Å². The lowest BCUT2D eigenvalue weighted by Gasteiger charge is -2.28. The molecule has 0 radical (unpaired) electrons. The third-order valence-electron chi connectivity index (χ3n) is 3.78. The molecule has 0 spiro atoms. The van der Waals surface area contributed by atoms with Gasteiger partial charge in [0.1, 0.15) is 0 Å². The van der Waals surface area contributed by atoms with Crippen molar-refractivity contribution in [3.8, 4) is 11.5 Å². The maximum atomic E-state index is 12.6. The first-order valence-electron chi connectivity index (χ1n) is 6.99. The Labute approximate surface area is 123 Å². The van der Waals surface area contributed by atoms with Gasteiger partial charge in [-0.25, -0.2) is 0 Å². The second-order valence-electron chi connectivity index (χ2n) is 5.22. The van der Waals surface area contributed by atoms with Gasteiger partial charge in [0.25, 0.3) is 5.91 Å². The molecule has 1 aliphatic carbocycles. The Morgan fingerprint density at radius 2 is 2.05 bits per heavy atom. The Morgan fingerprint density at radius 1 is 1.38 bits per heavy atom. The largest absolute Gasteiger partial charge is 0.504 e. The van der Waals surface area contributed by atoms with Gasteiger partial charge in [0.2, 0.25) is 5.91 Å². The smallest absolute Gasteiger partial charge is 0.254 e. The van der Waals surface area contributed by atoms with Crippen LogP contribution in [0.15, 0.2) is 18.2 Å².